The van der Waals surface area contributed by atoms with Crippen LogP contribution in [0.15, 0.2) is 48.5 Å². The second kappa shape index (κ2) is 7.47. The van der Waals surface area contributed by atoms with Gasteiger partial charge in [0.15, 0.2) is 0 Å². The maximum absolute atomic E-state index is 12.3. The number of rotatable bonds is 5. The third kappa shape index (κ3) is 3.93. The normalized spacial score (nSPS) is 19.9. The van der Waals surface area contributed by atoms with E-state index in [1.165, 1.54) is 0 Å². The summed E-state index contributed by atoms with van der Waals surface area (Å²) in [6.45, 7) is 2.87. The molecule has 0 aromatic heterocycles. The first-order valence-electron chi connectivity index (χ1n) is 8.12. The Labute approximate surface area is 141 Å². The van der Waals surface area contributed by atoms with Gasteiger partial charge in [-0.15, -0.1) is 0 Å². The summed E-state index contributed by atoms with van der Waals surface area (Å²) in [6.07, 6.45) is -0.00531. The molecule has 2 atom stereocenters. The Morgan fingerprint density at radius 1 is 1.25 bits per heavy atom. The van der Waals surface area contributed by atoms with E-state index in [1.54, 1.807) is 0 Å². The number of amides is 1. The summed E-state index contributed by atoms with van der Waals surface area (Å²) in [5.74, 6) is 0.700. The molecule has 126 valence electrons. The molecule has 5 heteroatoms. The van der Waals surface area contributed by atoms with Gasteiger partial charge in [0.05, 0.1) is 12.1 Å². The van der Waals surface area contributed by atoms with Gasteiger partial charge in [-0.25, -0.2) is 0 Å². The highest BCUT2D eigenvalue weighted by molar-refractivity contribution is 5.95. The van der Waals surface area contributed by atoms with Crippen molar-refractivity contribution in [3.8, 4) is 5.75 Å². The summed E-state index contributed by atoms with van der Waals surface area (Å²) in [7, 11) is 0. The van der Waals surface area contributed by atoms with Gasteiger partial charge in [-0.2, -0.15) is 0 Å². The standard InChI is InChI=1S/C19H22N2O3/c1-13-14(12-24-16-7-3-2-4-8-16)6-5-9-17(13)21-19(23)18-10-15(22)11-20-18/h2-9,15,18,20,22H,10-12H2,1H3,(H,21,23). The number of hydrogen-bond acceptors (Lipinski definition) is 4. The molecule has 0 aliphatic carbocycles. The summed E-state index contributed by atoms with van der Waals surface area (Å²) in [5.41, 5.74) is 2.79. The Morgan fingerprint density at radius 2 is 2.04 bits per heavy atom. The van der Waals surface area contributed by atoms with Crippen LogP contribution >= 0.6 is 0 Å². The van der Waals surface area contributed by atoms with Crippen molar-refractivity contribution in [2.45, 2.75) is 32.1 Å². The first-order valence-corrected chi connectivity index (χ1v) is 8.12. The van der Waals surface area contributed by atoms with Gasteiger partial charge < -0.3 is 20.5 Å². The molecule has 5 nitrogen and oxygen atoms in total. The first-order chi connectivity index (χ1) is 11.6. The molecular formula is C19H22N2O3. The minimum Gasteiger partial charge on any atom is -0.489 e. The Hall–Kier alpha value is -2.37. The maximum Gasteiger partial charge on any atom is 0.241 e. The van der Waals surface area contributed by atoms with Gasteiger partial charge >= 0.3 is 0 Å². The van der Waals surface area contributed by atoms with Crippen LogP contribution < -0.4 is 15.4 Å². The van der Waals surface area contributed by atoms with E-state index in [2.05, 4.69) is 10.6 Å². The third-order valence-corrected chi connectivity index (χ3v) is 4.27. The van der Waals surface area contributed by atoms with Crippen molar-refractivity contribution in [2.24, 2.45) is 0 Å². The number of carbonyl (C=O) groups excluding carboxylic acids is 1. The van der Waals surface area contributed by atoms with Crippen LogP contribution in [0.4, 0.5) is 5.69 Å². The lowest BCUT2D eigenvalue weighted by Gasteiger charge is -2.15. The number of nitrogens with one attached hydrogen (secondary N) is 2. The molecule has 1 fully saturated rings. The summed E-state index contributed by atoms with van der Waals surface area (Å²) >= 11 is 0. The van der Waals surface area contributed by atoms with E-state index in [-0.39, 0.29) is 11.9 Å². The van der Waals surface area contributed by atoms with Crippen LogP contribution in [-0.2, 0) is 11.4 Å². The fraction of sp³-hybridized carbons (Fsp3) is 0.316. The zero-order valence-corrected chi connectivity index (χ0v) is 13.7. The van der Waals surface area contributed by atoms with E-state index in [0.717, 1.165) is 22.6 Å². The molecular weight excluding hydrogens is 304 g/mol. The van der Waals surface area contributed by atoms with Crippen LogP contribution in [-0.4, -0.2) is 29.7 Å². The largest absolute Gasteiger partial charge is 0.489 e. The average molecular weight is 326 g/mol. The fourth-order valence-electron chi connectivity index (χ4n) is 2.79. The van der Waals surface area contributed by atoms with Crippen molar-refractivity contribution in [1.82, 2.24) is 5.32 Å². The van der Waals surface area contributed by atoms with Crippen molar-refractivity contribution in [2.75, 3.05) is 11.9 Å². The third-order valence-electron chi connectivity index (χ3n) is 4.27. The number of anilines is 1. The van der Waals surface area contributed by atoms with Crippen LogP contribution in [0.3, 0.4) is 0 Å². The first kappa shape index (κ1) is 16.5. The smallest absolute Gasteiger partial charge is 0.241 e. The lowest BCUT2D eigenvalue weighted by atomic mass is 10.1. The van der Waals surface area contributed by atoms with Crippen molar-refractivity contribution in [3.05, 3.63) is 59.7 Å². The number of para-hydroxylation sites is 1. The number of β-amino-alcohol motifs (C(OH)–C–C–N with tert-alkyl or cyclic N) is 1. The van der Waals surface area contributed by atoms with Gasteiger partial charge in [0, 0.05) is 12.2 Å². The van der Waals surface area contributed by atoms with Gasteiger partial charge in [-0.3, -0.25) is 4.79 Å². The number of aliphatic hydroxyl groups is 1. The van der Waals surface area contributed by atoms with Crippen LogP contribution in [0.2, 0.25) is 0 Å². The molecule has 2 aromatic carbocycles. The summed E-state index contributed by atoms with van der Waals surface area (Å²) in [5, 5.41) is 15.5. The zero-order valence-electron chi connectivity index (χ0n) is 13.7. The highest BCUT2D eigenvalue weighted by Gasteiger charge is 2.28. The Balaban J connectivity index is 1.65. The van der Waals surface area contributed by atoms with Crippen molar-refractivity contribution in [1.29, 1.82) is 0 Å². The summed E-state index contributed by atoms with van der Waals surface area (Å²) < 4.78 is 5.79. The van der Waals surface area contributed by atoms with Crippen molar-refractivity contribution in [3.63, 3.8) is 0 Å². The van der Waals surface area contributed by atoms with E-state index in [4.69, 9.17) is 4.74 Å². The number of ether oxygens (including phenoxy) is 1. The van der Waals surface area contributed by atoms with E-state index in [9.17, 15) is 9.90 Å². The molecule has 3 rings (SSSR count). The van der Waals surface area contributed by atoms with Gasteiger partial charge in [0.2, 0.25) is 5.91 Å². The van der Waals surface area contributed by atoms with E-state index >= 15 is 0 Å². The highest BCUT2D eigenvalue weighted by Crippen LogP contribution is 2.22. The monoisotopic (exact) mass is 326 g/mol. The molecule has 3 N–H and O–H groups in total. The van der Waals surface area contributed by atoms with Crippen molar-refractivity contribution < 1.29 is 14.6 Å². The topological polar surface area (TPSA) is 70.6 Å². The second-order valence-corrected chi connectivity index (χ2v) is 6.03. The van der Waals surface area contributed by atoms with Crippen LogP contribution in [0.5, 0.6) is 5.75 Å². The average Bonchev–Trinajstić information content (AvgIpc) is 3.03. The molecule has 0 radical (unpaired) electrons. The molecule has 2 unspecified atom stereocenters. The Kier molecular flexibility index (Phi) is 5.13. The molecule has 24 heavy (non-hydrogen) atoms. The van der Waals surface area contributed by atoms with Crippen LogP contribution in [0.25, 0.3) is 0 Å². The molecule has 0 bridgehead atoms. The summed E-state index contributed by atoms with van der Waals surface area (Å²) in [4.78, 5) is 12.3. The van der Waals surface area contributed by atoms with Crippen LogP contribution in [0, 0.1) is 6.92 Å². The zero-order chi connectivity index (χ0) is 16.9. The van der Waals surface area contributed by atoms with Gasteiger partial charge in [0.25, 0.3) is 0 Å². The maximum atomic E-state index is 12.3. The number of hydrogen-bond donors (Lipinski definition) is 3. The predicted molar refractivity (Wildman–Crippen MR) is 93.0 cm³/mol. The van der Waals surface area contributed by atoms with Gasteiger partial charge in [-0.1, -0.05) is 30.3 Å². The van der Waals surface area contributed by atoms with Gasteiger partial charge in [-0.05, 0) is 42.7 Å². The summed E-state index contributed by atoms with van der Waals surface area (Å²) in [6, 6.07) is 15.1. The Bertz CT molecular complexity index is 703. The highest BCUT2D eigenvalue weighted by atomic mass is 16.5. The SMILES string of the molecule is Cc1c(COc2ccccc2)cccc1NC(=O)C1CC(O)CN1. The number of aliphatic hydroxyl groups excluding tert-OH is 1. The molecule has 1 heterocycles. The molecule has 1 aliphatic heterocycles. The lowest BCUT2D eigenvalue weighted by molar-refractivity contribution is -0.117. The number of benzene rings is 2. The predicted octanol–water partition coefficient (Wildman–Crippen LogP) is 2.24. The molecule has 0 saturated carbocycles. The molecule has 1 amide bonds. The van der Waals surface area contributed by atoms with E-state index in [0.29, 0.717) is 19.6 Å². The molecule has 2 aromatic rings. The molecule has 0 spiro atoms. The van der Waals surface area contributed by atoms with Crippen LogP contribution in [0.1, 0.15) is 17.5 Å². The Morgan fingerprint density at radius 3 is 2.75 bits per heavy atom. The lowest BCUT2D eigenvalue weighted by Crippen LogP contribution is -2.35. The minimum absolute atomic E-state index is 0.115. The molecule has 1 saturated heterocycles. The fourth-order valence-corrected chi connectivity index (χ4v) is 2.79. The number of carbonyl (C=O) groups is 1. The van der Waals surface area contributed by atoms with E-state index in [1.807, 2.05) is 55.5 Å². The quantitative estimate of drug-likeness (QED) is 0.788. The van der Waals surface area contributed by atoms with E-state index < -0.39 is 6.10 Å². The van der Waals surface area contributed by atoms with Gasteiger partial charge in [0.1, 0.15) is 12.4 Å². The second-order valence-electron chi connectivity index (χ2n) is 6.03. The van der Waals surface area contributed by atoms with Crippen molar-refractivity contribution >= 4 is 11.6 Å². The molecule has 1 aliphatic rings. The minimum atomic E-state index is -0.451.